The van der Waals surface area contributed by atoms with E-state index in [1.807, 2.05) is 36.7 Å². The number of hydrogen-bond donors (Lipinski definition) is 0. The molecule has 0 saturated carbocycles. The molecule has 5 heteroatoms. The molecular weight excluding hydrogens is 388 g/mol. The van der Waals surface area contributed by atoms with Crippen molar-refractivity contribution in [1.29, 1.82) is 5.26 Å². The fourth-order valence-corrected chi connectivity index (χ4v) is 3.97. The maximum absolute atomic E-state index is 9.43. The van der Waals surface area contributed by atoms with E-state index in [2.05, 4.69) is 55.2 Å². The van der Waals surface area contributed by atoms with Gasteiger partial charge in [0.1, 0.15) is 0 Å². The number of pyridine rings is 1. The van der Waals surface area contributed by atoms with E-state index in [1.165, 1.54) is 24.1 Å². The van der Waals surface area contributed by atoms with Gasteiger partial charge < -0.3 is 5.01 Å². The summed E-state index contributed by atoms with van der Waals surface area (Å²) in [4.78, 5) is 4.17. The molecule has 0 aliphatic carbocycles. The molecule has 26 heavy (non-hydrogen) atoms. The summed E-state index contributed by atoms with van der Waals surface area (Å²) in [6, 6.07) is 16.6. The predicted octanol–water partition coefficient (Wildman–Crippen LogP) is 4.89. The van der Waals surface area contributed by atoms with Crippen LogP contribution in [0.4, 0.5) is 5.69 Å². The van der Waals surface area contributed by atoms with Crippen LogP contribution < -0.4 is 5.01 Å². The number of halogens is 1. The van der Waals surface area contributed by atoms with Crippen LogP contribution in [0, 0.1) is 11.3 Å². The molecule has 1 aliphatic rings. The lowest BCUT2D eigenvalue weighted by Gasteiger charge is -2.41. The van der Waals surface area contributed by atoms with Crippen LogP contribution in [0.15, 0.2) is 59.3 Å². The van der Waals surface area contributed by atoms with Gasteiger partial charge in [0.25, 0.3) is 0 Å². The number of hydrazine groups is 1. The van der Waals surface area contributed by atoms with Crippen LogP contribution in [0.5, 0.6) is 0 Å². The van der Waals surface area contributed by atoms with Crippen LogP contribution in [0.2, 0.25) is 0 Å². The second kappa shape index (κ2) is 7.45. The highest BCUT2D eigenvalue weighted by Crippen LogP contribution is 2.32. The number of aromatic nitrogens is 1. The molecule has 130 valence electrons. The molecule has 0 unspecified atom stereocenters. The quantitative estimate of drug-likeness (QED) is 0.620. The van der Waals surface area contributed by atoms with Crippen molar-refractivity contribution in [3.63, 3.8) is 0 Å². The Morgan fingerprint density at radius 1 is 1.04 bits per heavy atom. The van der Waals surface area contributed by atoms with E-state index >= 15 is 0 Å². The molecule has 0 atom stereocenters. The Hall–Kier alpha value is -2.42. The number of nitrogens with zero attached hydrogens (tertiary/aromatic N) is 4. The zero-order valence-electron chi connectivity index (χ0n) is 14.4. The summed E-state index contributed by atoms with van der Waals surface area (Å²) >= 11 is 3.61. The van der Waals surface area contributed by atoms with Crippen molar-refractivity contribution in [1.82, 2.24) is 9.99 Å². The van der Waals surface area contributed by atoms with Crippen molar-refractivity contribution in [3.05, 3.63) is 70.5 Å². The maximum Gasteiger partial charge on any atom is 0.0998 e. The Bertz CT molecular complexity index is 979. The smallest absolute Gasteiger partial charge is 0.0998 e. The van der Waals surface area contributed by atoms with Crippen molar-refractivity contribution in [2.45, 2.75) is 19.4 Å². The number of hydrogen-bond acceptors (Lipinski definition) is 4. The van der Waals surface area contributed by atoms with Crippen molar-refractivity contribution in [2.24, 2.45) is 0 Å². The molecule has 4 rings (SSSR count). The van der Waals surface area contributed by atoms with Gasteiger partial charge in [-0.2, -0.15) is 5.26 Å². The van der Waals surface area contributed by atoms with Crippen molar-refractivity contribution in [3.8, 4) is 6.07 Å². The first kappa shape index (κ1) is 17.0. The van der Waals surface area contributed by atoms with Gasteiger partial charge in [-0.25, -0.2) is 5.01 Å². The molecular formula is C21H19BrN4. The molecule has 0 bridgehead atoms. The summed E-state index contributed by atoms with van der Waals surface area (Å²) < 4.78 is 1.04. The van der Waals surface area contributed by atoms with Gasteiger partial charge in [0.2, 0.25) is 0 Å². The van der Waals surface area contributed by atoms with Gasteiger partial charge in [0.15, 0.2) is 0 Å². The molecule has 4 nitrogen and oxygen atoms in total. The fourth-order valence-electron chi connectivity index (χ4n) is 3.59. The monoisotopic (exact) mass is 406 g/mol. The van der Waals surface area contributed by atoms with E-state index < -0.39 is 0 Å². The summed E-state index contributed by atoms with van der Waals surface area (Å²) in [5, 5.41) is 16.4. The lowest BCUT2D eigenvalue weighted by atomic mass is 10.0. The first-order chi connectivity index (χ1) is 12.8. The average Bonchev–Trinajstić information content (AvgIpc) is 2.69. The van der Waals surface area contributed by atoms with Crippen LogP contribution in [0.25, 0.3) is 10.8 Å². The predicted molar refractivity (Wildman–Crippen MR) is 108 cm³/mol. The van der Waals surface area contributed by atoms with Gasteiger partial charge in [-0.15, -0.1) is 0 Å². The van der Waals surface area contributed by atoms with Crippen LogP contribution in [-0.2, 0) is 6.54 Å². The first-order valence-corrected chi connectivity index (χ1v) is 9.60. The summed E-state index contributed by atoms with van der Waals surface area (Å²) in [5.74, 6) is 0. The van der Waals surface area contributed by atoms with Crippen LogP contribution >= 0.6 is 15.9 Å². The van der Waals surface area contributed by atoms with E-state index in [1.54, 1.807) is 0 Å². The number of nitriles is 1. The molecule has 1 saturated heterocycles. The Kier molecular flexibility index (Phi) is 4.87. The average molecular weight is 407 g/mol. The minimum absolute atomic E-state index is 0.727. The summed E-state index contributed by atoms with van der Waals surface area (Å²) in [6.45, 7) is 2.83. The van der Waals surface area contributed by atoms with Gasteiger partial charge in [0.05, 0.1) is 17.3 Å². The van der Waals surface area contributed by atoms with Gasteiger partial charge >= 0.3 is 0 Å². The Morgan fingerprint density at radius 2 is 1.85 bits per heavy atom. The summed E-state index contributed by atoms with van der Waals surface area (Å²) in [5.41, 5.74) is 3.12. The second-order valence-corrected chi connectivity index (χ2v) is 7.33. The maximum atomic E-state index is 9.43. The van der Waals surface area contributed by atoms with Crippen LogP contribution in [-0.4, -0.2) is 23.1 Å². The lowest BCUT2D eigenvalue weighted by molar-refractivity contribution is 0.204. The third-order valence-electron chi connectivity index (χ3n) is 4.89. The van der Waals surface area contributed by atoms with E-state index in [0.717, 1.165) is 40.4 Å². The molecule has 2 aromatic carbocycles. The zero-order valence-corrected chi connectivity index (χ0v) is 16.0. The SMILES string of the molecule is N#Cc1ccc(N2CCCCN2Cc2ccncc2Br)c2ccccc12. The molecule has 3 aromatic rings. The van der Waals surface area contributed by atoms with Crippen molar-refractivity contribution < 1.29 is 0 Å². The Morgan fingerprint density at radius 3 is 2.65 bits per heavy atom. The third-order valence-corrected chi connectivity index (χ3v) is 5.60. The Balaban J connectivity index is 1.75. The first-order valence-electron chi connectivity index (χ1n) is 8.80. The fraction of sp³-hybridized carbons (Fsp3) is 0.238. The van der Waals surface area contributed by atoms with Crippen molar-refractivity contribution in [2.75, 3.05) is 18.1 Å². The third kappa shape index (κ3) is 3.18. The highest BCUT2D eigenvalue weighted by Gasteiger charge is 2.23. The second-order valence-electron chi connectivity index (χ2n) is 6.48. The standard InChI is InChI=1S/C21H19BrN4/c22-20-14-24-10-9-17(20)15-25-11-3-4-12-26(25)21-8-7-16(13-23)18-5-1-2-6-19(18)21/h1-2,5-10,14H,3-4,11-12,15H2. The summed E-state index contributed by atoms with van der Waals surface area (Å²) in [7, 11) is 0. The van der Waals surface area contributed by atoms with Crippen LogP contribution in [0.3, 0.4) is 0 Å². The van der Waals surface area contributed by atoms with Gasteiger partial charge in [-0.05, 0) is 52.5 Å². The number of benzene rings is 2. The van der Waals surface area contributed by atoms with Gasteiger partial charge in [-0.1, -0.05) is 24.3 Å². The van der Waals surface area contributed by atoms with Gasteiger partial charge in [0, 0.05) is 47.3 Å². The molecule has 1 fully saturated rings. The van der Waals surface area contributed by atoms with Gasteiger partial charge in [-0.3, -0.25) is 4.98 Å². The highest BCUT2D eigenvalue weighted by atomic mass is 79.9. The normalized spacial score (nSPS) is 15.2. The highest BCUT2D eigenvalue weighted by molar-refractivity contribution is 9.10. The minimum atomic E-state index is 0.727. The molecule has 1 aromatic heterocycles. The zero-order chi connectivity index (χ0) is 17.9. The van der Waals surface area contributed by atoms with E-state index in [0.29, 0.717) is 0 Å². The molecule has 0 N–H and O–H groups in total. The molecule has 1 aliphatic heterocycles. The van der Waals surface area contributed by atoms with Crippen molar-refractivity contribution >= 4 is 32.4 Å². The van der Waals surface area contributed by atoms with E-state index in [4.69, 9.17) is 0 Å². The lowest BCUT2D eigenvalue weighted by Crippen LogP contribution is -2.47. The number of rotatable bonds is 3. The number of fused-ring (bicyclic) bond motifs is 1. The summed E-state index contributed by atoms with van der Waals surface area (Å²) in [6.07, 6.45) is 6.04. The number of anilines is 1. The largest absolute Gasteiger partial charge is 0.305 e. The topological polar surface area (TPSA) is 43.2 Å². The molecule has 0 amide bonds. The Labute approximate surface area is 161 Å². The minimum Gasteiger partial charge on any atom is -0.305 e. The van der Waals surface area contributed by atoms with E-state index in [-0.39, 0.29) is 0 Å². The van der Waals surface area contributed by atoms with Crippen LogP contribution in [0.1, 0.15) is 24.0 Å². The molecule has 2 heterocycles. The molecule has 0 radical (unpaired) electrons. The molecule has 0 spiro atoms. The van der Waals surface area contributed by atoms with E-state index in [9.17, 15) is 5.26 Å².